The highest BCUT2D eigenvalue weighted by Gasteiger charge is 2.37. The highest BCUT2D eigenvalue weighted by molar-refractivity contribution is 5.46. The van der Waals surface area contributed by atoms with Crippen LogP contribution in [0.25, 0.3) is 0 Å². The van der Waals surface area contributed by atoms with Crippen LogP contribution >= 0.6 is 0 Å². The second-order valence-corrected chi connectivity index (χ2v) is 8.88. The molecule has 0 aliphatic carbocycles. The van der Waals surface area contributed by atoms with Crippen LogP contribution in [0.1, 0.15) is 45.2 Å². The van der Waals surface area contributed by atoms with Crippen molar-refractivity contribution in [2.75, 3.05) is 0 Å². The molecule has 4 atom stereocenters. The lowest BCUT2D eigenvalue weighted by molar-refractivity contribution is -0.295. The van der Waals surface area contributed by atoms with Crippen LogP contribution in [0.2, 0.25) is 0 Å². The highest BCUT2D eigenvalue weighted by Crippen LogP contribution is 2.23. The molecule has 0 spiro atoms. The second-order valence-electron chi connectivity index (χ2n) is 8.88. The molecule has 0 heterocycles. The van der Waals surface area contributed by atoms with E-state index >= 15 is 0 Å². The fourth-order valence-electron chi connectivity index (χ4n) is 3.52. The van der Waals surface area contributed by atoms with Gasteiger partial charge < -0.3 is 15.5 Å². The summed E-state index contributed by atoms with van der Waals surface area (Å²) in [6.07, 6.45) is -0.334. The van der Waals surface area contributed by atoms with Crippen LogP contribution in [0.5, 0.6) is 0 Å². The minimum Gasteiger partial charge on any atom is -0.392 e. The zero-order valence-corrected chi connectivity index (χ0v) is 18.9. The quantitative estimate of drug-likeness (QED) is 0.275. The van der Waals surface area contributed by atoms with Gasteiger partial charge in [0.15, 0.2) is 0 Å². The van der Waals surface area contributed by atoms with Crippen molar-refractivity contribution in [3.63, 3.8) is 0 Å². The Morgan fingerprint density at radius 1 is 1.00 bits per heavy atom. The zero-order valence-electron chi connectivity index (χ0n) is 18.9. The van der Waals surface area contributed by atoms with Crippen molar-refractivity contribution < 1.29 is 19.8 Å². The van der Waals surface area contributed by atoms with Gasteiger partial charge in [0.2, 0.25) is 6.41 Å². The molecule has 31 heavy (non-hydrogen) atoms. The summed E-state index contributed by atoms with van der Waals surface area (Å²) < 4.78 is 0. The summed E-state index contributed by atoms with van der Waals surface area (Å²) >= 11 is 0. The molecule has 1 amide bonds. The molecule has 2 rings (SSSR count). The number of hydrogen-bond acceptors (Lipinski definition) is 5. The monoisotopic (exact) mass is 428 g/mol. The fourth-order valence-corrected chi connectivity index (χ4v) is 3.52. The number of hydrogen-bond donors (Lipinski definition) is 3. The topological polar surface area (TPSA) is 82.0 Å². The first-order valence-electron chi connectivity index (χ1n) is 10.8. The largest absolute Gasteiger partial charge is 0.392 e. The molecule has 2 aromatic rings. The van der Waals surface area contributed by atoms with E-state index < -0.39 is 30.0 Å². The number of amides is 1. The molecule has 170 valence electrons. The van der Waals surface area contributed by atoms with Gasteiger partial charge in [-0.1, -0.05) is 60.7 Å². The third kappa shape index (κ3) is 8.42. The van der Waals surface area contributed by atoms with E-state index in [-0.39, 0.29) is 0 Å². The number of benzene rings is 2. The molecular weight excluding hydrogens is 392 g/mol. The molecule has 0 aromatic heterocycles. The van der Waals surface area contributed by atoms with Crippen molar-refractivity contribution in [3.05, 3.63) is 71.8 Å². The van der Waals surface area contributed by atoms with E-state index in [1.807, 2.05) is 81.4 Å². The third-order valence-corrected chi connectivity index (χ3v) is 5.00. The van der Waals surface area contributed by atoms with Crippen LogP contribution in [0.3, 0.4) is 0 Å². The minimum atomic E-state index is -0.898. The number of aryl methyl sites for hydroxylation is 1. The number of nitrogens with zero attached hydrogens (tertiary/aromatic N) is 1. The first-order valence-corrected chi connectivity index (χ1v) is 10.8. The number of nitrogens with one attached hydrogen (secondary N) is 1. The molecule has 6 heteroatoms. The van der Waals surface area contributed by atoms with E-state index in [0.717, 1.165) is 11.1 Å². The normalized spacial score (nSPS) is 15.8. The molecule has 0 aliphatic rings. The van der Waals surface area contributed by atoms with Crippen LogP contribution < -0.4 is 5.32 Å². The Labute approximate surface area is 185 Å². The summed E-state index contributed by atoms with van der Waals surface area (Å²) in [7, 11) is 0. The predicted octanol–water partition coefficient (Wildman–Crippen LogP) is 3.08. The van der Waals surface area contributed by atoms with Gasteiger partial charge in [-0.3, -0.25) is 9.63 Å². The number of hydroxylamine groups is 2. The Morgan fingerprint density at radius 2 is 1.55 bits per heavy atom. The van der Waals surface area contributed by atoms with Crippen LogP contribution in [0.15, 0.2) is 60.7 Å². The number of carbonyl (C=O) groups excluding carboxylic acids is 1. The molecule has 0 bridgehead atoms. The molecule has 6 nitrogen and oxygen atoms in total. The average Bonchev–Trinajstić information content (AvgIpc) is 2.73. The smallest absolute Gasteiger partial charge is 0.208 e. The van der Waals surface area contributed by atoms with E-state index in [4.69, 9.17) is 4.84 Å². The fraction of sp³-hybridized carbons (Fsp3) is 0.480. The maximum absolute atomic E-state index is 11.4. The summed E-state index contributed by atoms with van der Waals surface area (Å²) in [6.45, 7) is 7.39. The first kappa shape index (κ1) is 25.0. The van der Waals surface area contributed by atoms with E-state index in [2.05, 4.69) is 5.32 Å². The Hall–Kier alpha value is -2.25. The summed E-state index contributed by atoms with van der Waals surface area (Å²) in [4.78, 5) is 17.7. The van der Waals surface area contributed by atoms with Gasteiger partial charge in [0.05, 0.1) is 23.9 Å². The zero-order chi connectivity index (χ0) is 22.9. The van der Waals surface area contributed by atoms with Crippen LogP contribution in [0, 0.1) is 0 Å². The lowest BCUT2D eigenvalue weighted by atomic mass is 9.99. The first-order chi connectivity index (χ1) is 14.7. The Bertz CT molecular complexity index is 762. The Kier molecular flexibility index (Phi) is 9.65. The van der Waals surface area contributed by atoms with Crippen molar-refractivity contribution in [3.8, 4) is 0 Å². The predicted molar refractivity (Wildman–Crippen MR) is 122 cm³/mol. The van der Waals surface area contributed by atoms with E-state index in [9.17, 15) is 15.0 Å². The van der Waals surface area contributed by atoms with Gasteiger partial charge in [-0.25, -0.2) is 0 Å². The molecule has 4 unspecified atom stereocenters. The van der Waals surface area contributed by atoms with Gasteiger partial charge in [0, 0.05) is 0 Å². The molecule has 0 aliphatic heterocycles. The van der Waals surface area contributed by atoms with Crippen molar-refractivity contribution >= 4 is 6.41 Å². The molecule has 0 saturated carbocycles. The summed E-state index contributed by atoms with van der Waals surface area (Å²) in [6, 6.07) is 19.2. The van der Waals surface area contributed by atoms with Crippen LogP contribution in [-0.4, -0.2) is 51.7 Å². The van der Waals surface area contributed by atoms with E-state index in [0.29, 0.717) is 25.7 Å². The molecule has 2 aromatic carbocycles. The summed E-state index contributed by atoms with van der Waals surface area (Å²) in [5, 5.41) is 26.0. The SMILES string of the molecule is CC(O)C(Cc1ccccc1)N(OC(C)(C)C)C(NC=O)C(O)CCc1ccccc1. The molecular formula is C25H36N2O4. The van der Waals surface area contributed by atoms with Crippen molar-refractivity contribution in [2.24, 2.45) is 0 Å². The maximum atomic E-state index is 11.4. The molecule has 3 N–H and O–H groups in total. The van der Waals surface area contributed by atoms with Gasteiger partial charge in [-0.2, -0.15) is 5.06 Å². The van der Waals surface area contributed by atoms with Gasteiger partial charge in [0.1, 0.15) is 6.17 Å². The van der Waals surface area contributed by atoms with E-state index in [1.165, 1.54) is 0 Å². The van der Waals surface area contributed by atoms with Gasteiger partial charge in [-0.05, 0) is 58.1 Å². The average molecular weight is 429 g/mol. The lowest BCUT2D eigenvalue weighted by Crippen LogP contribution is -2.60. The molecule has 0 fully saturated rings. The van der Waals surface area contributed by atoms with Crippen molar-refractivity contribution in [1.29, 1.82) is 0 Å². The second kappa shape index (κ2) is 12.0. The number of rotatable bonds is 12. The Balaban J connectivity index is 2.29. The van der Waals surface area contributed by atoms with Gasteiger partial charge >= 0.3 is 0 Å². The lowest BCUT2D eigenvalue weighted by Gasteiger charge is -2.43. The standard InChI is InChI=1S/C25H36N2O4/c1-19(29)22(17-21-13-9-6-10-14-21)27(31-25(2,3)4)24(26-18-28)23(30)16-15-20-11-7-5-8-12-20/h5-14,18-19,22-24,29-30H,15-17H2,1-4H3,(H,26,28). The van der Waals surface area contributed by atoms with Crippen molar-refractivity contribution in [2.45, 2.75) is 77.0 Å². The number of aliphatic hydroxyl groups is 2. The van der Waals surface area contributed by atoms with Gasteiger partial charge in [0.25, 0.3) is 0 Å². The molecule has 0 saturated heterocycles. The minimum absolute atomic E-state index is 0.428. The Morgan fingerprint density at radius 3 is 2.03 bits per heavy atom. The summed E-state index contributed by atoms with van der Waals surface area (Å²) in [5.41, 5.74) is 1.54. The summed E-state index contributed by atoms with van der Waals surface area (Å²) in [5.74, 6) is 0. The highest BCUT2D eigenvalue weighted by atomic mass is 16.7. The number of aliphatic hydroxyl groups excluding tert-OH is 2. The maximum Gasteiger partial charge on any atom is 0.208 e. The van der Waals surface area contributed by atoms with E-state index in [1.54, 1.807) is 12.0 Å². The van der Waals surface area contributed by atoms with Crippen LogP contribution in [0.4, 0.5) is 0 Å². The number of carbonyl (C=O) groups is 1. The van der Waals surface area contributed by atoms with Gasteiger partial charge in [-0.15, -0.1) is 0 Å². The molecule has 0 radical (unpaired) electrons. The third-order valence-electron chi connectivity index (χ3n) is 5.00. The van der Waals surface area contributed by atoms with Crippen LogP contribution in [-0.2, 0) is 22.5 Å². The van der Waals surface area contributed by atoms with Crippen molar-refractivity contribution in [1.82, 2.24) is 10.4 Å².